The smallest absolute Gasteiger partial charge is 0.188 e. The van der Waals surface area contributed by atoms with E-state index in [4.69, 9.17) is 14.2 Å². The quantitative estimate of drug-likeness (QED) is 0.426. The molecule has 0 spiro atoms. The number of ether oxygens (including phenoxy) is 3. The van der Waals surface area contributed by atoms with E-state index in [0.29, 0.717) is 0 Å². The lowest BCUT2D eigenvalue weighted by atomic mass is 10.2. The van der Waals surface area contributed by atoms with Crippen molar-refractivity contribution in [1.82, 2.24) is 0 Å². The first-order valence-electron chi connectivity index (χ1n) is 5.40. The summed E-state index contributed by atoms with van der Waals surface area (Å²) in [6, 6.07) is 7.64. The summed E-state index contributed by atoms with van der Waals surface area (Å²) in [6.45, 7) is 5.82. The zero-order chi connectivity index (χ0) is 12.5. The van der Waals surface area contributed by atoms with Crippen LogP contribution in [0.5, 0.6) is 5.75 Å². The summed E-state index contributed by atoms with van der Waals surface area (Å²) in [7, 11) is 0. The second-order valence-electron chi connectivity index (χ2n) is 3.60. The molecule has 1 aromatic carbocycles. The van der Waals surface area contributed by atoms with Crippen molar-refractivity contribution in [3.8, 4) is 5.75 Å². The maximum Gasteiger partial charge on any atom is 0.188 e. The van der Waals surface area contributed by atoms with Crippen LogP contribution in [0.4, 0.5) is 0 Å². The largest absolute Gasteiger partial charge is 0.491 e. The number of rotatable bonds is 8. The van der Waals surface area contributed by atoms with Crippen molar-refractivity contribution in [2.75, 3.05) is 20.0 Å². The SMILES string of the molecule is C=COCOCC(O)COc1ccc(C)cc1. The van der Waals surface area contributed by atoms with Gasteiger partial charge < -0.3 is 19.3 Å². The summed E-state index contributed by atoms with van der Waals surface area (Å²) in [5.74, 6) is 0.733. The molecular weight excluding hydrogens is 220 g/mol. The lowest BCUT2D eigenvalue weighted by molar-refractivity contribution is -0.0561. The second kappa shape index (κ2) is 7.70. The predicted octanol–water partition coefficient (Wildman–Crippen LogP) is 1.87. The van der Waals surface area contributed by atoms with Crippen molar-refractivity contribution in [3.05, 3.63) is 42.7 Å². The van der Waals surface area contributed by atoms with Crippen molar-refractivity contribution in [2.45, 2.75) is 13.0 Å². The van der Waals surface area contributed by atoms with Crippen molar-refractivity contribution < 1.29 is 19.3 Å². The topological polar surface area (TPSA) is 47.9 Å². The Hall–Kier alpha value is -1.52. The molecule has 94 valence electrons. The van der Waals surface area contributed by atoms with Gasteiger partial charge in [0.05, 0.1) is 12.9 Å². The average Bonchev–Trinajstić information content (AvgIpc) is 2.34. The van der Waals surface area contributed by atoms with E-state index in [2.05, 4.69) is 6.58 Å². The molecule has 0 amide bonds. The Morgan fingerprint density at radius 3 is 2.65 bits per heavy atom. The van der Waals surface area contributed by atoms with Crippen LogP contribution in [0.15, 0.2) is 37.1 Å². The van der Waals surface area contributed by atoms with E-state index in [1.807, 2.05) is 31.2 Å². The highest BCUT2D eigenvalue weighted by Gasteiger charge is 2.05. The average molecular weight is 238 g/mol. The van der Waals surface area contributed by atoms with E-state index in [1.54, 1.807) is 0 Å². The second-order valence-corrected chi connectivity index (χ2v) is 3.60. The molecule has 1 unspecified atom stereocenters. The van der Waals surface area contributed by atoms with Crippen molar-refractivity contribution in [1.29, 1.82) is 0 Å². The summed E-state index contributed by atoms with van der Waals surface area (Å²) in [5, 5.41) is 9.53. The molecule has 4 heteroatoms. The summed E-state index contributed by atoms with van der Waals surface area (Å²) < 4.78 is 15.2. The molecule has 0 saturated heterocycles. The minimum absolute atomic E-state index is 0.0884. The number of aliphatic hydroxyl groups excluding tert-OH is 1. The van der Waals surface area contributed by atoms with Crippen LogP contribution in [0.1, 0.15) is 5.56 Å². The molecule has 1 rings (SSSR count). The van der Waals surface area contributed by atoms with E-state index in [9.17, 15) is 5.11 Å². The molecule has 1 atom stereocenters. The number of hydrogen-bond acceptors (Lipinski definition) is 4. The van der Waals surface area contributed by atoms with Gasteiger partial charge in [-0.2, -0.15) is 0 Å². The molecule has 0 aliphatic carbocycles. The van der Waals surface area contributed by atoms with Crippen molar-refractivity contribution in [2.24, 2.45) is 0 Å². The third-order valence-corrected chi connectivity index (χ3v) is 2.04. The number of aryl methyl sites for hydroxylation is 1. The molecule has 0 aliphatic rings. The van der Waals surface area contributed by atoms with Crippen LogP contribution < -0.4 is 4.74 Å². The monoisotopic (exact) mass is 238 g/mol. The van der Waals surface area contributed by atoms with Gasteiger partial charge in [0.2, 0.25) is 0 Å². The van der Waals surface area contributed by atoms with E-state index in [1.165, 1.54) is 11.8 Å². The van der Waals surface area contributed by atoms with E-state index < -0.39 is 6.10 Å². The van der Waals surface area contributed by atoms with Gasteiger partial charge in [0, 0.05) is 0 Å². The molecule has 0 aliphatic heterocycles. The predicted molar refractivity (Wildman–Crippen MR) is 64.8 cm³/mol. The fraction of sp³-hybridized carbons (Fsp3) is 0.385. The van der Waals surface area contributed by atoms with Crippen LogP contribution in [0.25, 0.3) is 0 Å². The fourth-order valence-electron chi connectivity index (χ4n) is 1.16. The van der Waals surface area contributed by atoms with Gasteiger partial charge in [-0.05, 0) is 19.1 Å². The molecular formula is C13H18O4. The minimum atomic E-state index is -0.676. The Morgan fingerprint density at radius 1 is 1.29 bits per heavy atom. The normalized spacial score (nSPS) is 11.9. The van der Waals surface area contributed by atoms with Crippen LogP contribution in [-0.2, 0) is 9.47 Å². The summed E-state index contributed by atoms with van der Waals surface area (Å²) in [4.78, 5) is 0. The van der Waals surface area contributed by atoms with E-state index >= 15 is 0 Å². The fourth-order valence-corrected chi connectivity index (χ4v) is 1.16. The highest BCUT2D eigenvalue weighted by Crippen LogP contribution is 2.11. The molecule has 17 heavy (non-hydrogen) atoms. The summed E-state index contributed by atoms with van der Waals surface area (Å²) >= 11 is 0. The third kappa shape index (κ3) is 5.94. The number of aliphatic hydroxyl groups is 1. The molecule has 0 heterocycles. The Kier molecular flexibility index (Phi) is 6.14. The minimum Gasteiger partial charge on any atom is -0.491 e. The first-order chi connectivity index (χ1) is 8.22. The van der Waals surface area contributed by atoms with E-state index in [0.717, 1.165) is 5.75 Å². The molecule has 0 saturated carbocycles. The standard InChI is InChI=1S/C13H18O4/c1-3-15-10-16-8-12(14)9-17-13-6-4-11(2)5-7-13/h3-7,12,14H,1,8-10H2,2H3. The van der Waals surface area contributed by atoms with Crippen LogP contribution in [0.2, 0.25) is 0 Å². The van der Waals surface area contributed by atoms with Gasteiger partial charge in [-0.1, -0.05) is 24.3 Å². The first kappa shape index (κ1) is 13.5. The molecule has 0 bridgehead atoms. The zero-order valence-corrected chi connectivity index (χ0v) is 9.96. The van der Waals surface area contributed by atoms with Gasteiger partial charge in [-0.25, -0.2) is 0 Å². The van der Waals surface area contributed by atoms with Crippen molar-refractivity contribution in [3.63, 3.8) is 0 Å². The maximum atomic E-state index is 9.53. The Balaban J connectivity index is 2.16. The van der Waals surface area contributed by atoms with Gasteiger partial charge in [0.1, 0.15) is 18.5 Å². The van der Waals surface area contributed by atoms with Crippen LogP contribution in [0.3, 0.4) is 0 Å². The third-order valence-electron chi connectivity index (χ3n) is 2.04. The molecule has 4 nitrogen and oxygen atoms in total. The van der Waals surface area contributed by atoms with Gasteiger partial charge in [-0.15, -0.1) is 0 Å². The van der Waals surface area contributed by atoms with Gasteiger partial charge in [0.15, 0.2) is 6.79 Å². The lowest BCUT2D eigenvalue weighted by Crippen LogP contribution is -2.23. The number of benzene rings is 1. The Labute approximate surface area is 101 Å². The number of hydrogen-bond donors (Lipinski definition) is 1. The first-order valence-corrected chi connectivity index (χ1v) is 5.40. The lowest BCUT2D eigenvalue weighted by Gasteiger charge is -2.12. The molecule has 0 fully saturated rings. The zero-order valence-electron chi connectivity index (χ0n) is 9.96. The molecule has 0 radical (unpaired) electrons. The molecule has 0 aromatic heterocycles. The van der Waals surface area contributed by atoms with Crippen LogP contribution >= 0.6 is 0 Å². The summed E-state index contributed by atoms with van der Waals surface area (Å²) in [5.41, 5.74) is 1.17. The highest BCUT2D eigenvalue weighted by atomic mass is 16.7. The van der Waals surface area contributed by atoms with Crippen LogP contribution in [-0.4, -0.2) is 31.2 Å². The van der Waals surface area contributed by atoms with Gasteiger partial charge >= 0.3 is 0 Å². The van der Waals surface area contributed by atoms with E-state index in [-0.39, 0.29) is 20.0 Å². The highest BCUT2D eigenvalue weighted by molar-refractivity contribution is 5.26. The molecule has 1 aromatic rings. The van der Waals surface area contributed by atoms with Gasteiger partial charge in [0.25, 0.3) is 0 Å². The van der Waals surface area contributed by atoms with Gasteiger partial charge in [-0.3, -0.25) is 0 Å². The van der Waals surface area contributed by atoms with Crippen molar-refractivity contribution >= 4 is 0 Å². The van der Waals surface area contributed by atoms with Crippen LogP contribution in [0, 0.1) is 6.92 Å². The Morgan fingerprint density at radius 2 is 2.00 bits per heavy atom. The summed E-state index contributed by atoms with van der Waals surface area (Å²) in [6.07, 6.45) is 0.611. The molecule has 1 N–H and O–H groups in total. The maximum absolute atomic E-state index is 9.53. The Bertz CT molecular complexity index is 321.